The minimum Gasteiger partial charge on any atom is -0.460 e. The molecule has 0 unspecified atom stereocenters. The van der Waals surface area contributed by atoms with Gasteiger partial charge in [-0.15, -0.1) is 0 Å². The zero-order valence-electron chi connectivity index (χ0n) is 28.7. The Hall–Kier alpha value is -2.83. The van der Waals surface area contributed by atoms with E-state index in [9.17, 15) is 14.4 Å². The first-order chi connectivity index (χ1) is 24.0. The number of carbonyl (C=O) groups excluding carboxylic acids is 3. The zero-order chi connectivity index (χ0) is 35.2. The van der Waals surface area contributed by atoms with E-state index < -0.39 is 5.97 Å². The predicted octanol–water partition coefficient (Wildman–Crippen LogP) is 1.57. The van der Waals surface area contributed by atoms with Gasteiger partial charge in [-0.05, 0) is 19.1 Å². The van der Waals surface area contributed by atoms with Crippen LogP contribution in [0.1, 0.15) is 27.6 Å². The summed E-state index contributed by atoms with van der Waals surface area (Å²) >= 11 is 0. The second-order valence-electron chi connectivity index (χ2n) is 10.3. The van der Waals surface area contributed by atoms with Gasteiger partial charge in [0.15, 0.2) is 0 Å². The highest BCUT2D eigenvalue weighted by Crippen LogP contribution is 2.21. The largest absolute Gasteiger partial charge is 0.460 e. The number of hydrogen-bond acceptors (Lipinski definition) is 14. The van der Waals surface area contributed by atoms with Crippen LogP contribution in [0.3, 0.4) is 0 Å². The number of imide groups is 1. The van der Waals surface area contributed by atoms with Crippen molar-refractivity contribution in [1.82, 2.24) is 4.90 Å². The maximum Gasteiger partial charge on any atom is 0.333 e. The van der Waals surface area contributed by atoms with Crippen molar-refractivity contribution >= 4 is 17.8 Å². The van der Waals surface area contributed by atoms with Crippen LogP contribution in [0.5, 0.6) is 0 Å². The number of nitrogens with zero attached hydrogens (tertiary/aromatic N) is 1. The Labute approximate surface area is 288 Å². The van der Waals surface area contributed by atoms with Gasteiger partial charge in [-0.2, -0.15) is 0 Å². The first-order valence-electron chi connectivity index (χ1n) is 16.6. The van der Waals surface area contributed by atoms with E-state index in [2.05, 4.69) is 6.58 Å². The topological polar surface area (TPSA) is 156 Å². The van der Waals surface area contributed by atoms with E-state index >= 15 is 0 Å². The SMILES string of the molecule is C=C(C)C(=O)OCCOCCOCCOCCOCCOCCOCCOCCOCCOCCOCCN1C(=O)c2ccccc2C1=O. The van der Waals surface area contributed by atoms with Crippen LogP contribution in [0.15, 0.2) is 36.4 Å². The van der Waals surface area contributed by atoms with Crippen molar-refractivity contribution in [2.24, 2.45) is 0 Å². The van der Waals surface area contributed by atoms with Gasteiger partial charge in [0, 0.05) is 5.57 Å². The van der Waals surface area contributed by atoms with E-state index in [-0.39, 0.29) is 31.6 Å². The summed E-state index contributed by atoms with van der Waals surface area (Å²) < 4.78 is 59.3. The molecule has 1 aliphatic rings. The molecule has 0 bridgehead atoms. The fourth-order valence-corrected chi connectivity index (χ4v) is 4.00. The van der Waals surface area contributed by atoms with Crippen molar-refractivity contribution in [3.63, 3.8) is 0 Å². The van der Waals surface area contributed by atoms with Crippen LogP contribution in [0.2, 0.25) is 0 Å². The van der Waals surface area contributed by atoms with Crippen molar-refractivity contribution in [2.45, 2.75) is 6.92 Å². The number of esters is 1. The first kappa shape index (κ1) is 42.3. The molecule has 0 spiro atoms. The predicted molar refractivity (Wildman–Crippen MR) is 176 cm³/mol. The fraction of sp³-hybridized carbons (Fsp3) is 0.676. The molecule has 15 heteroatoms. The molecule has 0 saturated carbocycles. The Morgan fingerprint density at radius 2 is 0.755 bits per heavy atom. The van der Waals surface area contributed by atoms with Gasteiger partial charge in [0.25, 0.3) is 11.8 Å². The minimum absolute atomic E-state index is 0.191. The molecule has 0 radical (unpaired) electrons. The van der Waals surface area contributed by atoms with Crippen LogP contribution in [0.25, 0.3) is 0 Å². The summed E-state index contributed by atoms with van der Waals surface area (Å²) in [5, 5.41) is 0. The molecule has 49 heavy (non-hydrogen) atoms. The third-order valence-electron chi connectivity index (χ3n) is 6.49. The standard InChI is InChI=1S/C34H53NO14/c1-29(2)34(38)49-28-27-48-26-25-47-24-23-46-22-21-45-20-19-44-18-17-43-16-15-42-14-13-41-12-11-40-10-9-39-8-7-35-32(36)30-5-3-4-6-31(30)33(35)37/h3-6H,1,7-28H2,2H3. The summed E-state index contributed by atoms with van der Waals surface area (Å²) in [6.07, 6.45) is 0. The maximum absolute atomic E-state index is 12.3. The van der Waals surface area contributed by atoms with E-state index in [0.29, 0.717) is 142 Å². The van der Waals surface area contributed by atoms with E-state index in [1.807, 2.05) is 0 Å². The number of amides is 2. The molecule has 1 heterocycles. The number of ether oxygens (including phenoxy) is 11. The number of rotatable bonds is 34. The molecule has 0 saturated heterocycles. The molecule has 1 aliphatic heterocycles. The summed E-state index contributed by atoms with van der Waals surface area (Å²) in [5.74, 6) is -0.983. The fourth-order valence-electron chi connectivity index (χ4n) is 4.00. The van der Waals surface area contributed by atoms with Crippen molar-refractivity contribution in [3.05, 3.63) is 47.5 Å². The molecule has 1 aromatic carbocycles. The van der Waals surface area contributed by atoms with Gasteiger partial charge in [0.05, 0.1) is 150 Å². The smallest absolute Gasteiger partial charge is 0.333 e. The molecule has 15 nitrogen and oxygen atoms in total. The van der Waals surface area contributed by atoms with Gasteiger partial charge in [-0.1, -0.05) is 18.7 Å². The minimum atomic E-state index is -0.419. The first-order valence-corrected chi connectivity index (χ1v) is 16.6. The van der Waals surface area contributed by atoms with Gasteiger partial charge >= 0.3 is 5.97 Å². The monoisotopic (exact) mass is 699 g/mol. The van der Waals surface area contributed by atoms with E-state index in [1.54, 1.807) is 31.2 Å². The number of fused-ring (bicyclic) bond motifs is 1. The number of benzene rings is 1. The van der Waals surface area contributed by atoms with Gasteiger partial charge < -0.3 is 52.1 Å². The molecule has 0 N–H and O–H groups in total. The Balaban J connectivity index is 1.18. The van der Waals surface area contributed by atoms with Crippen LogP contribution in [-0.4, -0.2) is 168 Å². The van der Waals surface area contributed by atoms with Crippen LogP contribution >= 0.6 is 0 Å². The molecular weight excluding hydrogens is 646 g/mol. The summed E-state index contributed by atoms with van der Waals surface area (Å²) in [7, 11) is 0. The molecule has 2 amide bonds. The second kappa shape index (κ2) is 29.0. The Bertz CT molecular complexity index is 1020. The van der Waals surface area contributed by atoms with Crippen molar-refractivity contribution in [1.29, 1.82) is 0 Å². The van der Waals surface area contributed by atoms with Gasteiger partial charge in [-0.3, -0.25) is 14.5 Å². The third-order valence-corrected chi connectivity index (χ3v) is 6.49. The molecule has 0 aliphatic carbocycles. The van der Waals surface area contributed by atoms with Crippen molar-refractivity contribution in [3.8, 4) is 0 Å². The highest BCUT2D eigenvalue weighted by molar-refractivity contribution is 6.21. The Kier molecular flexibility index (Phi) is 25.0. The number of hydrogen-bond donors (Lipinski definition) is 0. The summed E-state index contributed by atoms with van der Waals surface area (Å²) in [4.78, 5) is 37.0. The number of carbonyl (C=O) groups is 3. The quantitative estimate of drug-likeness (QED) is 0.0442. The van der Waals surface area contributed by atoms with Crippen LogP contribution in [0.4, 0.5) is 0 Å². The molecule has 278 valence electrons. The molecule has 0 fully saturated rings. The summed E-state index contributed by atoms with van der Waals surface area (Å²) in [5.41, 5.74) is 1.24. The van der Waals surface area contributed by atoms with Gasteiger partial charge in [0.2, 0.25) is 0 Å². The van der Waals surface area contributed by atoms with Gasteiger partial charge in [0.1, 0.15) is 6.61 Å². The van der Waals surface area contributed by atoms with E-state index in [1.165, 1.54) is 4.90 Å². The lowest BCUT2D eigenvalue weighted by atomic mass is 10.1. The Morgan fingerprint density at radius 1 is 0.490 bits per heavy atom. The summed E-state index contributed by atoms with van der Waals surface area (Å²) in [6, 6.07) is 6.80. The maximum atomic E-state index is 12.3. The second-order valence-corrected chi connectivity index (χ2v) is 10.3. The molecular formula is C34H53NO14. The third kappa shape index (κ3) is 20.4. The van der Waals surface area contributed by atoms with Crippen LogP contribution in [0, 0.1) is 0 Å². The Morgan fingerprint density at radius 3 is 1.04 bits per heavy atom. The lowest BCUT2D eigenvalue weighted by Gasteiger charge is -2.13. The molecule has 2 rings (SSSR count). The molecule has 0 aromatic heterocycles. The highest BCUT2D eigenvalue weighted by atomic mass is 16.6. The van der Waals surface area contributed by atoms with Crippen molar-refractivity contribution < 1.29 is 66.5 Å². The van der Waals surface area contributed by atoms with E-state index in [0.717, 1.165) is 0 Å². The average molecular weight is 700 g/mol. The van der Waals surface area contributed by atoms with Crippen LogP contribution in [-0.2, 0) is 56.9 Å². The lowest BCUT2D eigenvalue weighted by Crippen LogP contribution is -2.33. The zero-order valence-corrected chi connectivity index (χ0v) is 28.7. The molecule has 1 aromatic rings. The lowest BCUT2D eigenvalue weighted by molar-refractivity contribution is -0.140. The van der Waals surface area contributed by atoms with Crippen LogP contribution < -0.4 is 0 Å². The normalized spacial score (nSPS) is 12.6. The molecule has 0 atom stereocenters. The average Bonchev–Trinajstić information content (AvgIpc) is 3.34. The van der Waals surface area contributed by atoms with E-state index in [4.69, 9.17) is 52.1 Å². The van der Waals surface area contributed by atoms with Crippen molar-refractivity contribution in [2.75, 3.05) is 145 Å². The highest BCUT2D eigenvalue weighted by Gasteiger charge is 2.34. The van der Waals surface area contributed by atoms with Gasteiger partial charge in [-0.25, -0.2) is 4.79 Å². The summed E-state index contributed by atoms with van der Waals surface area (Å²) in [6.45, 7) is 14.1.